The number of imide groups is 2. The fraction of sp³-hybridized carbons (Fsp3) is 0. The van der Waals surface area contributed by atoms with E-state index >= 15 is 0 Å². The lowest BCUT2D eigenvalue weighted by atomic mass is 10.1. The summed E-state index contributed by atoms with van der Waals surface area (Å²) in [7, 11) is 0. The first-order chi connectivity index (χ1) is 20.2. The maximum atomic E-state index is 12.5. The number of nitrogens with one attached hydrogen (secondary N) is 2. The number of hydrogen-bond acceptors (Lipinski definition) is 8. The topological polar surface area (TPSA) is 145 Å². The molecule has 202 valence electrons. The molecule has 10 heteroatoms. The fourth-order valence-electron chi connectivity index (χ4n) is 4.28. The van der Waals surface area contributed by atoms with Crippen molar-refractivity contribution in [1.29, 1.82) is 0 Å². The molecule has 0 saturated carbocycles. The standard InChI is InChI=1S/C32H16N2O8/c35-27-23-13-7-19(15-25(23)29(37)33-27)31(39)41-21-9-3-17(4-10-21)1-2-18-5-11-22(12-6-18)42-32(40)20-8-14-24-26(16-20)30(38)34-28(24)36/h3-16H,(H,33,35,37)(H,34,36,38). The Labute approximate surface area is 237 Å². The summed E-state index contributed by atoms with van der Waals surface area (Å²) in [4.78, 5) is 72.1. The molecule has 10 nitrogen and oxygen atoms in total. The van der Waals surface area contributed by atoms with Crippen LogP contribution in [0.1, 0.15) is 73.3 Å². The van der Waals surface area contributed by atoms with E-state index in [-0.39, 0.29) is 44.9 Å². The van der Waals surface area contributed by atoms with Gasteiger partial charge in [-0.2, -0.15) is 0 Å². The third-order valence-electron chi connectivity index (χ3n) is 6.42. The van der Waals surface area contributed by atoms with E-state index in [0.717, 1.165) is 0 Å². The third kappa shape index (κ3) is 5.01. The fourth-order valence-corrected chi connectivity index (χ4v) is 4.28. The van der Waals surface area contributed by atoms with Crippen LogP contribution in [0, 0.1) is 11.8 Å². The number of rotatable bonds is 4. The van der Waals surface area contributed by atoms with E-state index in [0.29, 0.717) is 11.1 Å². The zero-order chi connectivity index (χ0) is 29.4. The van der Waals surface area contributed by atoms with Gasteiger partial charge in [0, 0.05) is 11.1 Å². The molecule has 4 amide bonds. The van der Waals surface area contributed by atoms with Gasteiger partial charge in [0.15, 0.2) is 0 Å². The molecule has 0 fully saturated rings. The highest BCUT2D eigenvalue weighted by atomic mass is 16.5. The first kappa shape index (κ1) is 25.9. The smallest absolute Gasteiger partial charge is 0.343 e. The van der Waals surface area contributed by atoms with Crippen molar-refractivity contribution >= 4 is 35.6 Å². The van der Waals surface area contributed by atoms with Crippen molar-refractivity contribution in [2.75, 3.05) is 0 Å². The molecular weight excluding hydrogens is 540 g/mol. The summed E-state index contributed by atoms with van der Waals surface area (Å²) in [6, 6.07) is 21.3. The first-order valence-corrected chi connectivity index (χ1v) is 12.4. The number of benzene rings is 4. The minimum atomic E-state index is -0.679. The molecule has 4 aromatic rings. The minimum absolute atomic E-state index is 0.125. The Balaban J connectivity index is 1.06. The highest BCUT2D eigenvalue weighted by Crippen LogP contribution is 2.21. The Morgan fingerprint density at radius 3 is 1.21 bits per heavy atom. The highest BCUT2D eigenvalue weighted by Gasteiger charge is 2.29. The molecule has 0 atom stereocenters. The van der Waals surface area contributed by atoms with E-state index in [9.17, 15) is 28.8 Å². The molecular formula is C32H16N2O8. The van der Waals surface area contributed by atoms with Gasteiger partial charge in [-0.15, -0.1) is 0 Å². The molecule has 0 aliphatic carbocycles. The number of amides is 4. The third-order valence-corrected chi connectivity index (χ3v) is 6.42. The van der Waals surface area contributed by atoms with E-state index in [1.165, 1.54) is 36.4 Å². The van der Waals surface area contributed by atoms with Crippen molar-refractivity contribution < 1.29 is 38.2 Å². The average molecular weight is 556 g/mol. The Kier molecular flexibility index (Phi) is 6.37. The molecule has 0 spiro atoms. The zero-order valence-corrected chi connectivity index (χ0v) is 21.3. The summed E-state index contributed by atoms with van der Waals surface area (Å²) in [5, 5.41) is 4.34. The monoisotopic (exact) mass is 556 g/mol. The maximum Gasteiger partial charge on any atom is 0.343 e. The molecule has 2 aliphatic rings. The summed E-state index contributed by atoms with van der Waals surface area (Å²) in [5.41, 5.74) is 2.23. The van der Waals surface area contributed by atoms with Gasteiger partial charge < -0.3 is 9.47 Å². The van der Waals surface area contributed by atoms with Crippen LogP contribution in [0.4, 0.5) is 0 Å². The Hall–Kier alpha value is -6.34. The second kappa shape index (κ2) is 10.3. The predicted molar refractivity (Wildman–Crippen MR) is 145 cm³/mol. The van der Waals surface area contributed by atoms with Gasteiger partial charge in [0.1, 0.15) is 11.5 Å². The lowest BCUT2D eigenvalue weighted by molar-refractivity contribution is 0.0725. The van der Waals surface area contributed by atoms with Crippen LogP contribution in [-0.4, -0.2) is 35.6 Å². The summed E-state index contributed by atoms with van der Waals surface area (Å²) in [6.07, 6.45) is 0. The van der Waals surface area contributed by atoms with Gasteiger partial charge in [-0.1, -0.05) is 11.8 Å². The summed E-state index contributed by atoms with van der Waals surface area (Å²) in [5.74, 6) is 3.03. The van der Waals surface area contributed by atoms with Gasteiger partial charge in [0.25, 0.3) is 23.6 Å². The molecule has 2 heterocycles. The molecule has 0 radical (unpaired) electrons. The van der Waals surface area contributed by atoms with Crippen LogP contribution in [0.15, 0.2) is 84.9 Å². The SMILES string of the molecule is O=C(Oc1ccc(C#Cc2ccc(OC(=O)c3ccc4c(c3)C(=O)NC4=O)cc2)cc1)c1ccc2c(c1)C(=O)NC2=O. The quantitative estimate of drug-likeness (QED) is 0.169. The number of carbonyl (C=O) groups is 6. The van der Waals surface area contributed by atoms with Crippen molar-refractivity contribution in [2.24, 2.45) is 0 Å². The Bertz CT molecular complexity index is 1790. The zero-order valence-electron chi connectivity index (χ0n) is 21.3. The largest absolute Gasteiger partial charge is 0.423 e. The highest BCUT2D eigenvalue weighted by molar-refractivity contribution is 6.22. The number of carbonyl (C=O) groups excluding carboxylic acids is 6. The second-order valence-corrected chi connectivity index (χ2v) is 9.17. The molecule has 6 rings (SSSR count). The molecule has 0 unspecified atom stereocenters. The van der Waals surface area contributed by atoms with Gasteiger partial charge in [-0.3, -0.25) is 29.8 Å². The lowest BCUT2D eigenvalue weighted by Gasteiger charge is -2.05. The van der Waals surface area contributed by atoms with Crippen LogP contribution in [0.3, 0.4) is 0 Å². The van der Waals surface area contributed by atoms with Crippen LogP contribution in [-0.2, 0) is 0 Å². The minimum Gasteiger partial charge on any atom is -0.423 e. The molecule has 0 bridgehead atoms. The van der Waals surface area contributed by atoms with Gasteiger partial charge in [0.2, 0.25) is 0 Å². The molecule has 2 N–H and O–H groups in total. The predicted octanol–water partition coefficient (Wildman–Crippen LogP) is 3.29. The molecule has 2 aliphatic heterocycles. The second-order valence-electron chi connectivity index (χ2n) is 9.17. The van der Waals surface area contributed by atoms with Crippen LogP contribution in [0.5, 0.6) is 11.5 Å². The van der Waals surface area contributed by atoms with E-state index < -0.39 is 35.6 Å². The molecule has 4 aromatic carbocycles. The maximum absolute atomic E-state index is 12.5. The number of hydrogen-bond donors (Lipinski definition) is 2. The van der Waals surface area contributed by atoms with Crippen LogP contribution >= 0.6 is 0 Å². The van der Waals surface area contributed by atoms with Crippen molar-refractivity contribution in [3.05, 3.63) is 129 Å². The molecule has 42 heavy (non-hydrogen) atoms. The van der Waals surface area contributed by atoms with Gasteiger partial charge in [-0.25, -0.2) is 9.59 Å². The van der Waals surface area contributed by atoms with Crippen LogP contribution in [0.25, 0.3) is 0 Å². The summed E-state index contributed by atoms with van der Waals surface area (Å²) < 4.78 is 10.7. The van der Waals surface area contributed by atoms with Crippen molar-refractivity contribution in [3.8, 4) is 23.3 Å². The van der Waals surface area contributed by atoms with Gasteiger partial charge in [-0.05, 0) is 84.9 Å². The van der Waals surface area contributed by atoms with Crippen molar-refractivity contribution in [3.63, 3.8) is 0 Å². The van der Waals surface area contributed by atoms with E-state index in [1.807, 2.05) is 0 Å². The van der Waals surface area contributed by atoms with E-state index in [4.69, 9.17) is 9.47 Å². The number of esters is 2. The molecule has 0 saturated heterocycles. The van der Waals surface area contributed by atoms with Crippen molar-refractivity contribution in [2.45, 2.75) is 0 Å². The van der Waals surface area contributed by atoms with Gasteiger partial charge in [0.05, 0.1) is 33.4 Å². The van der Waals surface area contributed by atoms with Crippen molar-refractivity contribution in [1.82, 2.24) is 10.6 Å². The van der Waals surface area contributed by atoms with E-state index in [1.54, 1.807) is 48.5 Å². The lowest BCUT2D eigenvalue weighted by Crippen LogP contribution is -2.19. The summed E-state index contributed by atoms with van der Waals surface area (Å²) >= 11 is 0. The van der Waals surface area contributed by atoms with Gasteiger partial charge >= 0.3 is 11.9 Å². The first-order valence-electron chi connectivity index (χ1n) is 12.4. The van der Waals surface area contributed by atoms with Crippen LogP contribution < -0.4 is 20.1 Å². The number of ether oxygens (including phenoxy) is 2. The summed E-state index contributed by atoms with van der Waals surface area (Å²) in [6.45, 7) is 0. The number of fused-ring (bicyclic) bond motifs is 2. The average Bonchev–Trinajstić information content (AvgIpc) is 3.45. The Morgan fingerprint density at radius 2 is 0.833 bits per heavy atom. The van der Waals surface area contributed by atoms with Crippen LogP contribution in [0.2, 0.25) is 0 Å². The normalized spacial score (nSPS) is 12.9. The van der Waals surface area contributed by atoms with E-state index in [2.05, 4.69) is 22.5 Å². The molecule has 0 aromatic heterocycles. The Morgan fingerprint density at radius 1 is 0.476 bits per heavy atom.